The molecule has 21 heavy (non-hydrogen) atoms. The van der Waals surface area contributed by atoms with Gasteiger partial charge in [-0.25, -0.2) is 4.98 Å². The Morgan fingerprint density at radius 1 is 1.43 bits per heavy atom. The number of nitrogens with zero attached hydrogens (tertiary/aromatic N) is 2. The van der Waals surface area contributed by atoms with Crippen molar-refractivity contribution in [3.8, 4) is 0 Å². The summed E-state index contributed by atoms with van der Waals surface area (Å²) in [6, 6.07) is 4.05. The minimum absolute atomic E-state index is 0.104. The number of rotatable bonds is 6. The van der Waals surface area contributed by atoms with Crippen LogP contribution in [0.4, 0.5) is 5.82 Å². The number of carbonyl (C=O) groups excluding carboxylic acids is 1. The maximum Gasteiger partial charge on any atom is 0.240 e. The third kappa shape index (κ3) is 4.17. The van der Waals surface area contributed by atoms with E-state index in [0.29, 0.717) is 13.0 Å². The average molecular weight is 290 g/mol. The lowest BCUT2D eigenvalue weighted by Crippen LogP contribution is -2.51. The van der Waals surface area contributed by atoms with Crippen LogP contribution in [0.15, 0.2) is 18.3 Å². The fourth-order valence-corrected chi connectivity index (χ4v) is 2.67. The van der Waals surface area contributed by atoms with Crippen molar-refractivity contribution in [1.29, 1.82) is 0 Å². The summed E-state index contributed by atoms with van der Waals surface area (Å²) in [6.07, 6.45) is 5.90. The van der Waals surface area contributed by atoms with E-state index < -0.39 is 5.54 Å². The fourth-order valence-electron chi connectivity index (χ4n) is 2.67. The van der Waals surface area contributed by atoms with Gasteiger partial charge in [-0.15, -0.1) is 0 Å². The number of amides is 1. The molecule has 0 radical (unpaired) electrons. The number of aromatic nitrogens is 1. The monoisotopic (exact) mass is 290 g/mol. The summed E-state index contributed by atoms with van der Waals surface area (Å²) in [5.41, 5.74) is 6.21. The molecule has 0 saturated carbocycles. The highest BCUT2D eigenvalue weighted by Gasteiger charge is 2.26. The predicted octanol–water partition coefficient (Wildman–Crippen LogP) is 1.82. The first kappa shape index (κ1) is 15.8. The Balaban J connectivity index is 1.87. The Kier molecular flexibility index (Phi) is 5.17. The molecule has 116 valence electrons. The van der Waals surface area contributed by atoms with E-state index in [2.05, 4.69) is 15.2 Å². The largest absolute Gasteiger partial charge is 0.357 e. The molecule has 0 aliphatic carbocycles. The van der Waals surface area contributed by atoms with Crippen LogP contribution in [0.5, 0.6) is 0 Å². The maximum atomic E-state index is 12.0. The zero-order valence-electron chi connectivity index (χ0n) is 13.1. The minimum atomic E-state index is -0.794. The zero-order chi connectivity index (χ0) is 15.3. The highest BCUT2D eigenvalue weighted by Crippen LogP contribution is 2.17. The summed E-state index contributed by atoms with van der Waals surface area (Å²) in [7, 11) is 0. The van der Waals surface area contributed by atoms with Gasteiger partial charge in [-0.05, 0) is 37.8 Å². The van der Waals surface area contributed by atoms with Gasteiger partial charge in [0.25, 0.3) is 0 Å². The van der Waals surface area contributed by atoms with E-state index in [-0.39, 0.29) is 5.91 Å². The first-order valence-corrected chi connectivity index (χ1v) is 7.80. The van der Waals surface area contributed by atoms with E-state index >= 15 is 0 Å². The van der Waals surface area contributed by atoms with Crippen molar-refractivity contribution in [2.45, 2.75) is 51.6 Å². The molecule has 1 aliphatic rings. The van der Waals surface area contributed by atoms with Gasteiger partial charge in [-0.3, -0.25) is 4.79 Å². The van der Waals surface area contributed by atoms with Crippen molar-refractivity contribution >= 4 is 11.7 Å². The SMILES string of the molecule is CCCC(C)(N)C(=O)NCc1ccc(N2CCCC2)nc1. The van der Waals surface area contributed by atoms with E-state index in [9.17, 15) is 4.79 Å². The molecule has 1 aromatic heterocycles. The summed E-state index contributed by atoms with van der Waals surface area (Å²) in [5, 5.41) is 2.90. The van der Waals surface area contributed by atoms with E-state index in [0.717, 1.165) is 30.9 Å². The van der Waals surface area contributed by atoms with Gasteiger partial charge in [-0.2, -0.15) is 0 Å². The van der Waals surface area contributed by atoms with Crippen molar-refractivity contribution in [3.05, 3.63) is 23.9 Å². The molecular formula is C16H26N4O. The third-order valence-corrected chi connectivity index (χ3v) is 3.98. The van der Waals surface area contributed by atoms with Gasteiger partial charge in [-0.1, -0.05) is 19.4 Å². The highest BCUT2D eigenvalue weighted by molar-refractivity contribution is 5.85. The molecule has 1 aliphatic heterocycles. The molecule has 1 aromatic rings. The predicted molar refractivity (Wildman–Crippen MR) is 85.0 cm³/mol. The van der Waals surface area contributed by atoms with Crippen LogP contribution in [0.25, 0.3) is 0 Å². The molecule has 2 heterocycles. The van der Waals surface area contributed by atoms with Crippen LogP contribution in [0.2, 0.25) is 0 Å². The number of carbonyl (C=O) groups is 1. The number of hydrogen-bond acceptors (Lipinski definition) is 4. The summed E-state index contributed by atoms with van der Waals surface area (Å²) >= 11 is 0. The first-order chi connectivity index (χ1) is 10.0. The lowest BCUT2D eigenvalue weighted by molar-refractivity contribution is -0.126. The van der Waals surface area contributed by atoms with Crippen molar-refractivity contribution in [3.63, 3.8) is 0 Å². The number of nitrogens with one attached hydrogen (secondary N) is 1. The summed E-state index contributed by atoms with van der Waals surface area (Å²) in [4.78, 5) is 18.8. The molecule has 0 bridgehead atoms. The molecule has 1 unspecified atom stereocenters. The van der Waals surface area contributed by atoms with Crippen LogP contribution >= 0.6 is 0 Å². The molecule has 0 spiro atoms. The third-order valence-electron chi connectivity index (χ3n) is 3.98. The van der Waals surface area contributed by atoms with Crippen LogP contribution < -0.4 is 16.0 Å². The highest BCUT2D eigenvalue weighted by atomic mass is 16.2. The van der Waals surface area contributed by atoms with Crippen molar-refractivity contribution in [2.24, 2.45) is 5.73 Å². The minimum Gasteiger partial charge on any atom is -0.357 e. The normalized spacial score (nSPS) is 17.6. The van der Waals surface area contributed by atoms with E-state index in [4.69, 9.17) is 5.73 Å². The van der Waals surface area contributed by atoms with Gasteiger partial charge in [0, 0.05) is 25.8 Å². The van der Waals surface area contributed by atoms with Gasteiger partial charge < -0.3 is 16.0 Å². The molecule has 5 nitrogen and oxygen atoms in total. The number of hydrogen-bond donors (Lipinski definition) is 2. The number of pyridine rings is 1. The van der Waals surface area contributed by atoms with E-state index in [1.165, 1.54) is 12.8 Å². The van der Waals surface area contributed by atoms with Gasteiger partial charge in [0.05, 0.1) is 5.54 Å². The Bertz CT molecular complexity index is 464. The topological polar surface area (TPSA) is 71.2 Å². The second kappa shape index (κ2) is 6.89. The number of anilines is 1. The van der Waals surface area contributed by atoms with Crippen molar-refractivity contribution < 1.29 is 4.79 Å². The van der Waals surface area contributed by atoms with Gasteiger partial charge in [0.2, 0.25) is 5.91 Å². The average Bonchev–Trinajstić information content (AvgIpc) is 2.99. The van der Waals surface area contributed by atoms with Gasteiger partial charge in [0.1, 0.15) is 5.82 Å². The van der Waals surface area contributed by atoms with Crippen LogP contribution in [-0.2, 0) is 11.3 Å². The smallest absolute Gasteiger partial charge is 0.240 e. The van der Waals surface area contributed by atoms with Crippen LogP contribution in [0, 0.1) is 0 Å². The van der Waals surface area contributed by atoms with Crippen LogP contribution in [0.3, 0.4) is 0 Å². The summed E-state index contributed by atoms with van der Waals surface area (Å²) in [5.74, 6) is 0.921. The second-order valence-corrected chi connectivity index (χ2v) is 6.07. The summed E-state index contributed by atoms with van der Waals surface area (Å²) in [6.45, 7) is 6.46. The molecule has 0 aromatic carbocycles. The molecule has 1 atom stereocenters. The summed E-state index contributed by atoms with van der Waals surface area (Å²) < 4.78 is 0. The van der Waals surface area contributed by atoms with E-state index in [1.54, 1.807) is 6.92 Å². The zero-order valence-corrected chi connectivity index (χ0v) is 13.1. The quantitative estimate of drug-likeness (QED) is 0.838. The standard InChI is InChI=1S/C16H26N4O/c1-3-8-16(2,17)15(21)19-12-13-6-7-14(18-11-13)20-9-4-5-10-20/h6-7,11H,3-5,8-10,12,17H2,1-2H3,(H,19,21). The second-order valence-electron chi connectivity index (χ2n) is 6.07. The molecule has 3 N–H and O–H groups in total. The molecule has 1 fully saturated rings. The number of nitrogens with two attached hydrogens (primary N) is 1. The Labute approximate surface area is 126 Å². The molecule has 2 rings (SSSR count). The van der Waals surface area contributed by atoms with Gasteiger partial charge >= 0.3 is 0 Å². The van der Waals surface area contributed by atoms with Crippen molar-refractivity contribution in [1.82, 2.24) is 10.3 Å². The fraction of sp³-hybridized carbons (Fsp3) is 0.625. The van der Waals surface area contributed by atoms with E-state index in [1.807, 2.05) is 25.3 Å². The van der Waals surface area contributed by atoms with Crippen LogP contribution in [0.1, 0.15) is 45.1 Å². The van der Waals surface area contributed by atoms with Crippen molar-refractivity contribution in [2.75, 3.05) is 18.0 Å². The molecular weight excluding hydrogens is 264 g/mol. The molecule has 1 amide bonds. The van der Waals surface area contributed by atoms with Gasteiger partial charge in [0.15, 0.2) is 0 Å². The van der Waals surface area contributed by atoms with Crippen LogP contribution in [-0.4, -0.2) is 29.5 Å². The first-order valence-electron chi connectivity index (χ1n) is 7.80. The Hall–Kier alpha value is -1.62. The lowest BCUT2D eigenvalue weighted by Gasteiger charge is -2.23. The molecule has 5 heteroatoms. The Morgan fingerprint density at radius 3 is 2.71 bits per heavy atom. The lowest BCUT2D eigenvalue weighted by atomic mass is 9.96. The molecule has 1 saturated heterocycles. The Morgan fingerprint density at radius 2 is 2.14 bits per heavy atom. The maximum absolute atomic E-state index is 12.0.